The van der Waals surface area contributed by atoms with E-state index in [2.05, 4.69) is 15.3 Å². The monoisotopic (exact) mass is 434 g/mol. The van der Waals surface area contributed by atoms with E-state index < -0.39 is 0 Å². The number of amides is 1. The molecule has 4 rings (SSSR count). The van der Waals surface area contributed by atoms with Crippen molar-refractivity contribution in [2.75, 3.05) is 19.5 Å². The fourth-order valence-corrected chi connectivity index (χ4v) is 4.23. The number of imidazole rings is 1. The number of aryl methyl sites for hydroxylation is 2. The molecule has 1 amide bonds. The zero-order valence-electron chi connectivity index (χ0n) is 17.7. The van der Waals surface area contributed by atoms with Crippen LogP contribution in [0.15, 0.2) is 54.9 Å². The highest BCUT2D eigenvalue weighted by atomic mass is 32.1. The van der Waals surface area contributed by atoms with E-state index in [1.165, 1.54) is 11.3 Å². The summed E-state index contributed by atoms with van der Waals surface area (Å²) in [6, 6.07) is 13.2. The van der Waals surface area contributed by atoms with E-state index in [-0.39, 0.29) is 5.91 Å². The highest BCUT2D eigenvalue weighted by Gasteiger charge is 2.18. The van der Waals surface area contributed by atoms with Crippen LogP contribution in [0.25, 0.3) is 22.0 Å². The van der Waals surface area contributed by atoms with Gasteiger partial charge in [0.1, 0.15) is 15.7 Å². The van der Waals surface area contributed by atoms with E-state index in [1.807, 2.05) is 67.2 Å². The Labute approximate surface area is 184 Å². The largest absolute Gasteiger partial charge is 0.493 e. The lowest BCUT2D eigenvalue weighted by Crippen LogP contribution is -2.11. The lowest BCUT2D eigenvalue weighted by Gasteiger charge is -2.08. The number of aromatic nitrogens is 3. The number of hydrogen-bond acceptors (Lipinski definition) is 6. The molecule has 0 spiro atoms. The lowest BCUT2D eigenvalue weighted by molar-refractivity contribution is 0.103. The summed E-state index contributed by atoms with van der Waals surface area (Å²) >= 11 is 1.34. The number of nitrogens with one attached hydrogen (secondary N) is 1. The number of ether oxygens (including phenoxy) is 2. The number of thiazole rings is 1. The quantitative estimate of drug-likeness (QED) is 0.472. The Morgan fingerprint density at radius 1 is 1.06 bits per heavy atom. The van der Waals surface area contributed by atoms with Gasteiger partial charge in [-0.2, -0.15) is 0 Å². The molecule has 0 bridgehead atoms. The second kappa shape index (κ2) is 8.61. The molecule has 0 aliphatic rings. The second-order valence-corrected chi connectivity index (χ2v) is 7.90. The number of anilines is 1. The maximum atomic E-state index is 13.0. The molecule has 1 N–H and O–H groups in total. The highest BCUT2D eigenvalue weighted by Crippen LogP contribution is 2.35. The summed E-state index contributed by atoms with van der Waals surface area (Å²) in [5.74, 6) is 1.90. The summed E-state index contributed by atoms with van der Waals surface area (Å²) < 4.78 is 12.6. The van der Waals surface area contributed by atoms with Crippen LogP contribution in [-0.2, 0) is 7.05 Å². The molecule has 0 unspecified atom stereocenters. The summed E-state index contributed by atoms with van der Waals surface area (Å²) in [6.45, 7) is 1.83. The number of hydrogen-bond donors (Lipinski definition) is 1. The van der Waals surface area contributed by atoms with Gasteiger partial charge >= 0.3 is 0 Å². The van der Waals surface area contributed by atoms with Gasteiger partial charge in [0.25, 0.3) is 5.91 Å². The first-order chi connectivity index (χ1) is 15.0. The van der Waals surface area contributed by atoms with Crippen LogP contribution in [0.4, 0.5) is 5.69 Å². The number of carbonyl (C=O) groups excluding carboxylic acids is 1. The van der Waals surface area contributed by atoms with E-state index in [0.717, 1.165) is 22.0 Å². The summed E-state index contributed by atoms with van der Waals surface area (Å²) in [5, 5.41) is 3.72. The van der Waals surface area contributed by atoms with Gasteiger partial charge in [-0.15, -0.1) is 11.3 Å². The van der Waals surface area contributed by atoms with Crippen LogP contribution in [-0.4, -0.2) is 34.7 Å². The Morgan fingerprint density at radius 3 is 2.58 bits per heavy atom. The maximum absolute atomic E-state index is 13.0. The molecule has 0 aliphatic carbocycles. The Bertz CT molecular complexity index is 1250. The zero-order valence-corrected chi connectivity index (χ0v) is 18.5. The molecule has 4 aromatic rings. The lowest BCUT2D eigenvalue weighted by atomic mass is 10.2. The highest BCUT2D eigenvalue weighted by molar-refractivity contribution is 7.17. The van der Waals surface area contributed by atoms with Crippen molar-refractivity contribution in [1.29, 1.82) is 0 Å². The third kappa shape index (κ3) is 4.15. The van der Waals surface area contributed by atoms with Crippen molar-refractivity contribution in [3.05, 3.63) is 65.4 Å². The van der Waals surface area contributed by atoms with Gasteiger partial charge < -0.3 is 19.4 Å². The van der Waals surface area contributed by atoms with Crippen LogP contribution >= 0.6 is 11.3 Å². The van der Waals surface area contributed by atoms with E-state index in [0.29, 0.717) is 27.8 Å². The number of nitrogens with zero attached hydrogens (tertiary/aromatic N) is 3. The van der Waals surface area contributed by atoms with Crippen molar-refractivity contribution in [1.82, 2.24) is 14.5 Å². The van der Waals surface area contributed by atoms with E-state index in [4.69, 9.17) is 9.47 Å². The molecular formula is C23H22N4O3S. The fourth-order valence-electron chi connectivity index (χ4n) is 3.27. The van der Waals surface area contributed by atoms with Crippen LogP contribution in [0.2, 0.25) is 0 Å². The molecule has 0 saturated carbocycles. The van der Waals surface area contributed by atoms with Crippen molar-refractivity contribution in [2.45, 2.75) is 6.92 Å². The first-order valence-electron chi connectivity index (χ1n) is 9.59. The fraction of sp³-hybridized carbons (Fsp3) is 0.174. The van der Waals surface area contributed by atoms with Gasteiger partial charge in [0.15, 0.2) is 11.5 Å². The molecule has 158 valence electrons. The summed E-state index contributed by atoms with van der Waals surface area (Å²) in [7, 11) is 5.12. The molecular weight excluding hydrogens is 412 g/mol. The molecule has 0 radical (unpaired) electrons. The van der Waals surface area contributed by atoms with E-state index in [9.17, 15) is 4.79 Å². The van der Waals surface area contributed by atoms with E-state index >= 15 is 0 Å². The Balaban J connectivity index is 1.58. The first-order valence-corrected chi connectivity index (χ1v) is 10.4. The molecule has 8 heteroatoms. The van der Waals surface area contributed by atoms with E-state index in [1.54, 1.807) is 20.4 Å². The average Bonchev–Trinajstić information content (AvgIpc) is 3.39. The van der Waals surface area contributed by atoms with Crippen LogP contribution in [0, 0.1) is 6.92 Å². The third-order valence-electron chi connectivity index (χ3n) is 4.83. The predicted molar refractivity (Wildman–Crippen MR) is 122 cm³/mol. The topological polar surface area (TPSA) is 78.3 Å². The first kappa shape index (κ1) is 20.6. The Morgan fingerprint density at radius 2 is 1.87 bits per heavy atom. The molecule has 2 aromatic heterocycles. The number of benzene rings is 2. The molecule has 0 atom stereocenters. The SMILES string of the molecule is COc1ccc(-c2nc(C)c(C(=O)Nc3cccc(-c4nccn4C)c3)s2)cc1OC. The average molecular weight is 435 g/mol. The maximum Gasteiger partial charge on any atom is 0.267 e. The van der Waals surface area contributed by atoms with Crippen molar-refractivity contribution in [3.8, 4) is 33.5 Å². The van der Waals surface area contributed by atoms with Gasteiger partial charge in [-0.3, -0.25) is 4.79 Å². The minimum absolute atomic E-state index is 0.196. The van der Waals surface area contributed by atoms with Crippen molar-refractivity contribution >= 4 is 22.9 Å². The van der Waals surface area contributed by atoms with Gasteiger partial charge in [0.05, 0.1) is 19.9 Å². The smallest absolute Gasteiger partial charge is 0.267 e. The summed E-state index contributed by atoms with van der Waals surface area (Å²) in [4.78, 5) is 22.5. The molecule has 0 fully saturated rings. The molecule has 31 heavy (non-hydrogen) atoms. The normalized spacial score (nSPS) is 10.7. The zero-order chi connectivity index (χ0) is 22.0. The molecule has 0 saturated heterocycles. The Hall–Kier alpha value is -3.65. The van der Waals surface area contributed by atoms with Crippen LogP contribution in [0.1, 0.15) is 15.4 Å². The molecule has 2 aromatic carbocycles. The van der Waals surface area contributed by atoms with Crippen LogP contribution < -0.4 is 14.8 Å². The third-order valence-corrected chi connectivity index (χ3v) is 6.04. The number of methoxy groups -OCH3 is 2. The van der Waals surface area contributed by atoms with Gasteiger partial charge in [-0.25, -0.2) is 9.97 Å². The van der Waals surface area contributed by atoms with Crippen molar-refractivity contribution in [2.24, 2.45) is 7.05 Å². The van der Waals surface area contributed by atoms with Gasteiger partial charge in [-0.1, -0.05) is 12.1 Å². The summed E-state index contributed by atoms with van der Waals surface area (Å²) in [6.07, 6.45) is 3.63. The Kier molecular flexibility index (Phi) is 5.73. The molecule has 2 heterocycles. The molecule has 7 nitrogen and oxygen atoms in total. The number of carbonyl (C=O) groups is 1. The standard InChI is InChI=1S/C23H22N4O3S/c1-14-20(31-23(25-14)16-8-9-18(29-3)19(13-16)30-4)22(28)26-17-7-5-6-15(12-17)21-24-10-11-27(21)2/h5-13H,1-4H3,(H,26,28). The van der Waals surface area contributed by atoms with Gasteiger partial charge in [0, 0.05) is 36.3 Å². The summed E-state index contributed by atoms with van der Waals surface area (Å²) in [5.41, 5.74) is 3.16. The minimum Gasteiger partial charge on any atom is -0.493 e. The van der Waals surface area contributed by atoms with Crippen molar-refractivity contribution in [3.63, 3.8) is 0 Å². The van der Waals surface area contributed by atoms with Crippen LogP contribution in [0.5, 0.6) is 11.5 Å². The molecule has 0 aliphatic heterocycles. The van der Waals surface area contributed by atoms with Gasteiger partial charge in [0.2, 0.25) is 0 Å². The van der Waals surface area contributed by atoms with Crippen LogP contribution in [0.3, 0.4) is 0 Å². The minimum atomic E-state index is -0.196. The predicted octanol–water partition coefficient (Wildman–Crippen LogP) is 4.79. The van der Waals surface area contributed by atoms with Gasteiger partial charge in [-0.05, 0) is 37.3 Å². The second-order valence-electron chi connectivity index (χ2n) is 6.90. The number of rotatable bonds is 6. The van der Waals surface area contributed by atoms with Crippen molar-refractivity contribution < 1.29 is 14.3 Å².